The van der Waals surface area contributed by atoms with Crippen LogP contribution in [0, 0.1) is 0 Å². The number of hydrogen-bond acceptors (Lipinski definition) is 4. The Kier molecular flexibility index (Phi) is 3.53. The first-order chi connectivity index (χ1) is 7.81. The fourth-order valence-electron chi connectivity index (χ4n) is 1.76. The van der Waals surface area contributed by atoms with E-state index in [1.165, 1.54) is 0 Å². The molecule has 1 aromatic heterocycles. The maximum Gasteiger partial charge on any atom is 0.244 e. The first-order valence-electron chi connectivity index (χ1n) is 5.27. The lowest BCUT2D eigenvalue weighted by Crippen LogP contribution is -2.51. The van der Waals surface area contributed by atoms with Crippen LogP contribution in [0.3, 0.4) is 0 Å². The molecule has 1 amide bonds. The average molecular weight is 225 g/mol. The van der Waals surface area contributed by atoms with Gasteiger partial charge in [0.1, 0.15) is 6.54 Å². The lowest BCUT2D eigenvalue weighted by atomic mass is 10.2. The van der Waals surface area contributed by atoms with Crippen LogP contribution in [0.25, 0.3) is 0 Å². The van der Waals surface area contributed by atoms with Gasteiger partial charge >= 0.3 is 0 Å². The molecule has 0 spiro atoms. The van der Waals surface area contributed by atoms with Gasteiger partial charge in [0.25, 0.3) is 0 Å². The van der Waals surface area contributed by atoms with Crippen LogP contribution in [-0.2, 0) is 16.1 Å². The van der Waals surface area contributed by atoms with Gasteiger partial charge in [0, 0.05) is 18.9 Å². The minimum Gasteiger partial charge on any atom is -0.394 e. The van der Waals surface area contributed by atoms with Gasteiger partial charge in [-0.05, 0) is 6.07 Å². The van der Waals surface area contributed by atoms with Crippen molar-refractivity contribution in [3.8, 4) is 0 Å². The predicted octanol–water partition coefficient (Wildman–Crippen LogP) is -0.897. The molecule has 0 aliphatic carbocycles. The summed E-state index contributed by atoms with van der Waals surface area (Å²) in [4.78, 5) is 13.6. The van der Waals surface area contributed by atoms with Crippen molar-refractivity contribution in [2.24, 2.45) is 0 Å². The Labute approximate surface area is 93.4 Å². The quantitative estimate of drug-likeness (QED) is 0.724. The Bertz CT molecular complexity index is 339. The smallest absolute Gasteiger partial charge is 0.244 e. The highest BCUT2D eigenvalue weighted by Gasteiger charge is 2.26. The molecule has 0 aromatic carbocycles. The molecule has 1 fully saturated rings. The van der Waals surface area contributed by atoms with E-state index in [1.807, 2.05) is 0 Å². The number of rotatable bonds is 3. The topological polar surface area (TPSA) is 67.6 Å². The third kappa shape index (κ3) is 2.40. The lowest BCUT2D eigenvalue weighted by molar-refractivity contribution is -0.142. The maximum atomic E-state index is 11.9. The largest absolute Gasteiger partial charge is 0.394 e. The first kappa shape index (κ1) is 11.1. The van der Waals surface area contributed by atoms with E-state index in [-0.39, 0.29) is 25.1 Å². The van der Waals surface area contributed by atoms with Crippen molar-refractivity contribution in [1.82, 2.24) is 14.7 Å². The van der Waals surface area contributed by atoms with E-state index in [4.69, 9.17) is 9.84 Å². The van der Waals surface area contributed by atoms with Crippen LogP contribution in [0.4, 0.5) is 0 Å². The van der Waals surface area contributed by atoms with Gasteiger partial charge in [-0.2, -0.15) is 5.10 Å². The molecule has 0 saturated carbocycles. The van der Waals surface area contributed by atoms with Crippen LogP contribution < -0.4 is 0 Å². The second-order valence-corrected chi connectivity index (χ2v) is 3.70. The summed E-state index contributed by atoms with van der Waals surface area (Å²) in [5.41, 5.74) is 0. The minimum absolute atomic E-state index is 0.0361. The zero-order valence-electron chi connectivity index (χ0n) is 8.95. The molecule has 6 nitrogen and oxygen atoms in total. The van der Waals surface area contributed by atoms with Crippen LogP contribution in [0.15, 0.2) is 18.5 Å². The summed E-state index contributed by atoms with van der Waals surface area (Å²) in [5, 5.41) is 13.1. The number of carbonyl (C=O) groups is 1. The van der Waals surface area contributed by atoms with E-state index in [1.54, 1.807) is 28.0 Å². The SMILES string of the molecule is O=C(Cn1cccn1)N1CCOCC1CO. The van der Waals surface area contributed by atoms with E-state index in [0.29, 0.717) is 19.8 Å². The molecule has 1 saturated heterocycles. The van der Waals surface area contributed by atoms with Crippen molar-refractivity contribution in [3.05, 3.63) is 18.5 Å². The summed E-state index contributed by atoms with van der Waals surface area (Å²) in [6, 6.07) is 1.55. The van der Waals surface area contributed by atoms with Gasteiger partial charge in [-0.25, -0.2) is 0 Å². The Morgan fingerprint density at radius 3 is 3.19 bits per heavy atom. The Morgan fingerprint density at radius 1 is 1.62 bits per heavy atom. The van der Waals surface area contributed by atoms with Gasteiger partial charge in [-0.15, -0.1) is 0 Å². The first-order valence-corrected chi connectivity index (χ1v) is 5.27. The van der Waals surface area contributed by atoms with Crippen molar-refractivity contribution in [3.63, 3.8) is 0 Å². The molecule has 1 atom stereocenters. The summed E-state index contributed by atoms with van der Waals surface area (Å²) < 4.78 is 6.79. The van der Waals surface area contributed by atoms with Crippen molar-refractivity contribution in [1.29, 1.82) is 0 Å². The van der Waals surface area contributed by atoms with Crippen molar-refractivity contribution in [2.45, 2.75) is 12.6 Å². The molecule has 1 aliphatic rings. The van der Waals surface area contributed by atoms with E-state index >= 15 is 0 Å². The number of morpholine rings is 1. The Balaban J connectivity index is 1.97. The van der Waals surface area contributed by atoms with E-state index in [0.717, 1.165) is 0 Å². The van der Waals surface area contributed by atoms with Gasteiger partial charge in [-0.1, -0.05) is 0 Å². The number of amides is 1. The van der Waals surface area contributed by atoms with Gasteiger partial charge in [0.05, 0.1) is 25.9 Å². The molecule has 16 heavy (non-hydrogen) atoms. The van der Waals surface area contributed by atoms with E-state index in [9.17, 15) is 4.79 Å². The minimum atomic E-state index is -0.225. The molecule has 1 N–H and O–H groups in total. The van der Waals surface area contributed by atoms with Crippen LogP contribution in [0.5, 0.6) is 0 Å². The molecule has 0 bridgehead atoms. The van der Waals surface area contributed by atoms with Crippen molar-refractivity contribution >= 4 is 5.91 Å². The fraction of sp³-hybridized carbons (Fsp3) is 0.600. The van der Waals surface area contributed by atoms with E-state index in [2.05, 4.69) is 5.10 Å². The molecular formula is C10H15N3O3. The zero-order chi connectivity index (χ0) is 11.4. The highest BCUT2D eigenvalue weighted by atomic mass is 16.5. The highest BCUT2D eigenvalue weighted by molar-refractivity contribution is 5.76. The van der Waals surface area contributed by atoms with Gasteiger partial charge < -0.3 is 14.7 Å². The predicted molar refractivity (Wildman–Crippen MR) is 55.6 cm³/mol. The number of aromatic nitrogens is 2. The van der Waals surface area contributed by atoms with Crippen molar-refractivity contribution < 1.29 is 14.6 Å². The lowest BCUT2D eigenvalue weighted by Gasteiger charge is -2.34. The standard InChI is InChI=1S/C10H15N3O3/c14-7-9-8-16-5-4-13(9)10(15)6-12-3-1-2-11-12/h1-3,9,14H,4-8H2. The summed E-state index contributed by atoms with van der Waals surface area (Å²) in [6.07, 6.45) is 3.38. The monoisotopic (exact) mass is 225 g/mol. The van der Waals surface area contributed by atoms with Crippen LogP contribution in [0.2, 0.25) is 0 Å². The van der Waals surface area contributed by atoms with E-state index < -0.39 is 0 Å². The summed E-state index contributed by atoms with van der Waals surface area (Å²) in [6.45, 7) is 1.61. The molecule has 2 rings (SSSR count). The van der Waals surface area contributed by atoms with Crippen LogP contribution >= 0.6 is 0 Å². The molecule has 1 aliphatic heterocycles. The number of aliphatic hydroxyl groups excluding tert-OH is 1. The molecule has 1 unspecified atom stereocenters. The molecule has 0 radical (unpaired) electrons. The van der Waals surface area contributed by atoms with Crippen molar-refractivity contribution in [2.75, 3.05) is 26.4 Å². The molecule has 6 heteroatoms. The Hall–Kier alpha value is -1.40. The van der Waals surface area contributed by atoms with Crippen LogP contribution in [-0.4, -0.2) is 58.1 Å². The number of hydrogen-bond donors (Lipinski definition) is 1. The summed E-state index contributed by atoms with van der Waals surface area (Å²) in [7, 11) is 0. The average Bonchev–Trinajstić information content (AvgIpc) is 2.81. The third-order valence-corrected chi connectivity index (χ3v) is 2.62. The summed E-state index contributed by atoms with van der Waals surface area (Å²) >= 11 is 0. The molecule has 1 aromatic rings. The number of nitrogens with zero attached hydrogens (tertiary/aromatic N) is 3. The van der Waals surface area contributed by atoms with Gasteiger partial charge in [0.15, 0.2) is 0 Å². The third-order valence-electron chi connectivity index (χ3n) is 2.62. The second kappa shape index (κ2) is 5.09. The molecule has 2 heterocycles. The number of carbonyl (C=O) groups excluding carboxylic acids is 1. The second-order valence-electron chi connectivity index (χ2n) is 3.70. The number of ether oxygens (including phenoxy) is 1. The number of aliphatic hydroxyl groups is 1. The fourth-order valence-corrected chi connectivity index (χ4v) is 1.76. The van der Waals surface area contributed by atoms with Crippen LogP contribution in [0.1, 0.15) is 0 Å². The van der Waals surface area contributed by atoms with Gasteiger partial charge in [0.2, 0.25) is 5.91 Å². The zero-order valence-corrected chi connectivity index (χ0v) is 8.95. The summed E-state index contributed by atoms with van der Waals surface area (Å²) in [5.74, 6) is -0.0361. The van der Waals surface area contributed by atoms with Gasteiger partial charge in [-0.3, -0.25) is 9.48 Å². The molecular weight excluding hydrogens is 210 g/mol. The Morgan fingerprint density at radius 2 is 2.50 bits per heavy atom. The highest BCUT2D eigenvalue weighted by Crippen LogP contribution is 2.07. The normalized spacial score (nSPS) is 21.1. The maximum absolute atomic E-state index is 11.9. The molecule has 88 valence electrons.